The molecule has 0 fully saturated rings. The Hall–Kier alpha value is -1.64. The van der Waals surface area contributed by atoms with E-state index in [1.165, 1.54) is 0 Å². The molecule has 0 saturated heterocycles. The van der Waals surface area contributed by atoms with Gasteiger partial charge < -0.3 is 0 Å². The maximum atomic E-state index is 13.9. The largest absolute Gasteiger partial charge is 0.475 e. The van der Waals surface area contributed by atoms with Crippen LogP contribution in [-0.2, 0) is 18.1 Å². The van der Waals surface area contributed by atoms with E-state index < -0.39 is 100.0 Å². The topological polar surface area (TPSA) is 44.8 Å². The van der Waals surface area contributed by atoms with Crippen molar-refractivity contribution in [3.8, 4) is 0 Å². The summed E-state index contributed by atoms with van der Waals surface area (Å²) in [5.41, 5.74) is 0. The molecule has 0 saturated carbocycles. The molecule has 272 valence electrons. The molecule has 0 unspecified atom stereocenters. The number of alkyl halides is 25. The third-order valence-electron chi connectivity index (χ3n) is 4.66. The molecule has 0 N–H and O–H groups in total. The van der Waals surface area contributed by atoms with E-state index in [9.17, 15) is 114 Å². The SMILES string of the molecule is O=P(OCC(F)(F)C(F)F)(OCC(F)(F)C(F)F)OCC(F)(F)C(F)(F)C(F)(F)C(F)(F)C(F)(F)C(F)(F)C(F)(F)C(F)(F)F. The van der Waals surface area contributed by atoms with Crippen molar-refractivity contribution in [1.82, 2.24) is 0 Å². The zero-order valence-corrected chi connectivity index (χ0v) is 20.7. The number of halogens is 25. The molecule has 0 radical (unpaired) electrons. The van der Waals surface area contributed by atoms with Crippen LogP contribution < -0.4 is 0 Å². The highest BCUT2D eigenvalue weighted by Crippen LogP contribution is 2.64. The highest BCUT2D eigenvalue weighted by molar-refractivity contribution is 7.48. The van der Waals surface area contributed by atoms with Crippen molar-refractivity contribution in [3.05, 3.63) is 0 Å². The van der Waals surface area contributed by atoms with E-state index >= 15 is 0 Å². The molecule has 0 aliphatic heterocycles. The predicted molar refractivity (Wildman–Crippen MR) is 88.0 cm³/mol. The zero-order valence-electron chi connectivity index (χ0n) is 19.8. The van der Waals surface area contributed by atoms with Gasteiger partial charge in [-0.3, -0.25) is 13.6 Å². The van der Waals surface area contributed by atoms with Crippen molar-refractivity contribution in [3.63, 3.8) is 0 Å². The average Bonchev–Trinajstić information content (AvgIpc) is 2.83. The Morgan fingerprint density at radius 2 is 0.644 bits per heavy atom. The van der Waals surface area contributed by atoms with Gasteiger partial charge in [-0.25, -0.2) is 22.1 Å². The lowest BCUT2D eigenvalue weighted by atomic mass is 9.89. The van der Waals surface area contributed by atoms with Gasteiger partial charge in [0.1, 0.15) is 19.8 Å². The monoisotopic (exact) mass is 758 g/mol. The Bertz CT molecular complexity index is 1020. The highest BCUT2D eigenvalue weighted by Gasteiger charge is 2.95. The molecular weight excluding hydrogens is 750 g/mol. The minimum atomic E-state index is -9.10. The smallest absolute Gasteiger partial charge is 0.280 e. The van der Waals surface area contributed by atoms with Crippen LogP contribution in [0.3, 0.4) is 0 Å². The summed E-state index contributed by atoms with van der Waals surface area (Å²) in [4.78, 5) is 0. The first-order valence-electron chi connectivity index (χ1n) is 9.83. The van der Waals surface area contributed by atoms with Crippen LogP contribution in [0.5, 0.6) is 0 Å². The minimum absolute atomic E-state index is 2.83. The second-order valence-corrected chi connectivity index (χ2v) is 9.71. The van der Waals surface area contributed by atoms with E-state index in [0.717, 1.165) is 0 Å². The van der Waals surface area contributed by atoms with Crippen LogP contribution in [0.4, 0.5) is 110 Å². The lowest BCUT2D eigenvalue weighted by Gasteiger charge is -2.42. The van der Waals surface area contributed by atoms with Gasteiger partial charge in [-0.05, 0) is 0 Å². The number of hydrogen-bond acceptors (Lipinski definition) is 4. The summed E-state index contributed by atoms with van der Waals surface area (Å²) in [5.74, 6) is -72.0. The molecule has 4 nitrogen and oxygen atoms in total. The number of phosphoric acid groups is 1. The Balaban J connectivity index is 6.67. The first-order valence-corrected chi connectivity index (χ1v) is 11.3. The summed E-state index contributed by atoms with van der Waals surface area (Å²) in [6.45, 7) is -10.8. The zero-order chi connectivity index (χ0) is 36.9. The van der Waals surface area contributed by atoms with Crippen LogP contribution in [0.2, 0.25) is 0 Å². The molecule has 0 rings (SSSR count). The van der Waals surface area contributed by atoms with E-state index in [4.69, 9.17) is 0 Å². The molecule has 0 aliphatic rings. The molecular formula is C15H8F25O4P. The van der Waals surface area contributed by atoms with Gasteiger partial charge in [-0.1, -0.05) is 0 Å². The number of rotatable bonds is 17. The van der Waals surface area contributed by atoms with Crippen LogP contribution in [0.1, 0.15) is 0 Å². The van der Waals surface area contributed by atoms with E-state index in [1.807, 2.05) is 0 Å². The lowest BCUT2D eigenvalue weighted by molar-refractivity contribution is -0.462. The second kappa shape index (κ2) is 12.4. The van der Waals surface area contributed by atoms with E-state index in [2.05, 4.69) is 13.6 Å². The summed E-state index contributed by atoms with van der Waals surface area (Å²) in [5, 5.41) is 0. The van der Waals surface area contributed by atoms with Crippen molar-refractivity contribution in [2.24, 2.45) is 0 Å². The van der Waals surface area contributed by atoms with Gasteiger partial charge in [0.05, 0.1) is 0 Å². The van der Waals surface area contributed by atoms with Crippen molar-refractivity contribution in [2.75, 3.05) is 19.8 Å². The van der Waals surface area contributed by atoms with Gasteiger partial charge in [0, 0.05) is 0 Å². The normalized spacial score (nSPS) is 16.2. The Labute approximate surface area is 229 Å². The van der Waals surface area contributed by atoms with Crippen molar-refractivity contribution in [2.45, 2.75) is 72.3 Å². The maximum Gasteiger partial charge on any atom is 0.475 e. The molecule has 0 bridgehead atoms. The maximum absolute atomic E-state index is 13.9. The first kappa shape index (κ1) is 43.4. The van der Waals surface area contributed by atoms with E-state index in [1.54, 1.807) is 0 Å². The Kier molecular flexibility index (Phi) is 12.0. The third kappa shape index (κ3) is 7.75. The molecule has 30 heteroatoms. The van der Waals surface area contributed by atoms with Crippen LogP contribution in [-0.4, -0.2) is 92.2 Å². The summed E-state index contributed by atoms with van der Waals surface area (Å²) < 4.78 is 346. The fraction of sp³-hybridized carbons (Fsp3) is 1.00. The van der Waals surface area contributed by atoms with Crippen molar-refractivity contribution >= 4 is 7.82 Å². The van der Waals surface area contributed by atoms with Crippen molar-refractivity contribution < 1.29 is 128 Å². The Morgan fingerprint density at radius 1 is 0.400 bits per heavy atom. The van der Waals surface area contributed by atoms with Gasteiger partial charge in [0.15, 0.2) is 0 Å². The van der Waals surface area contributed by atoms with E-state index in [-0.39, 0.29) is 0 Å². The fourth-order valence-electron chi connectivity index (χ4n) is 2.02. The Morgan fingerprint density at radius 3 is 0.911 bits per heavy atom. The average molecular weight is 758 g/mol. The molecule has 0 amide bonds. The number of hydrogen-bond donors (Lipinski definition) is 0. The lowest BCUT2D eigenvalue weighted by Crippen LogP contribution is -2.74. The quantitative estimate of drug-likeness (QED) is 0.110. The molecule has 0 aromatic carbocycles. The summed E-state index contributed by atoms with van der Waals surface area (Å²) in [6, 6.07) is 0. The second-order valence-electron chi connectivity index (χ2n) is 8.04. The molecule has 0 atom stereocenters. The summed E-state index contributed by atoms with van der Waals surface area (Å²) in [7, 11) is -7.22. The predicted octanol–water partition coefficient (Wildman–Crippen LogP) is 8.95. The van der Waals surface area contributed by atoms with Crippen LogP contribution in [0.25, 0.3) is 0 Å². The van der Waals surface area contributed by atoms with Crippen LogP contribution in [0, 0.1) is 0 Å². The van der Waals surface area contributed by atoms with Gasteiger partial charge in [-0.2, -0.15) is 92.2 Å². The molecule has 45 heavy (non-hydrogen) atoms. The third-order valence-corrected chi connectivity index (χ3v) is 6.00. The highest BCUT2D eigenvalue weighted by atomic mass is 31.2. The van der Waals surface area contributed by atoms with Gasteiger partial charge >= 0.3 is 80.2 Å². The minimum Gasteiger partial charge on any atom is -0.280 e. The first-order chi connectivity index (χ1) is 19.3. The number of phosphoric ester groups is 1. The van der Waals surface area contributed by atoms with E-state index in [0.29, 0.717) is 0 Å². The van der Waals surface area contributed by atoms with Gasteiger partial charge in [-0.15, -0.1) is 0 Å². The summed E-state index contributed by atoms with van der Waals surface area (Å²) in [6.07, 6.45) is -18.0. The van der Waals surface area contributed by atoms with Crippen molar-refractivity contribution in [1.29, 1.82) is 0 Å². The van der Waals surface area contributed by atoms with Crippen LogP contribution in [0.15, 0.2) is 0 Å². The summed E-state index contributed by atoms with van der Waals surface area (Å²) >= 11 is 0. The molecule has 0 aromatic rings. The van der Waals surface area contributed by atoms with Crippen LogP contribution >= 0.6 is 7.82 Å². The molecule has 0 aliphatic carbocycles. The molecule has 0 aromatic heterocycles. The van der Waals surface area contributed by atoms with Gasteiger partial charge in [0.25, 0.3) is 0 Å². The standard InChI is InChI=1S/C15H8F25O4P/c16-4(17)6(20,21)1-42-45(41,43-2-7(22,23)5(18)19)44-3-8(24,25)9(26,27)10(28,29)11(30,31)12(32,33)13(34,35)14(36,37)15(38,39)40/h4-5H,1-3H2. The molecule has 0 spiro atoms. The van der Waals surface area contributed by atoms with Gasteiger partial charge in [0.2, 0.25) is 0 Å². The fourth-order valence-corrected chi connectivity index (χ4v) is 3.22. The molecule has 0 heterocycles.